The summed E-state index contributed by atoms with van der Waals surface area (Å²) >= 11 is 0. The van der Waals surface area contributed by atoms with Crippen LogP contribution in [0.4, 0.5) is 69.7 Å². The summed E-state index contributed by atoms with van der Waals surface area (Å²) in [7, 11) is 1.41. The van der Waals surface area contributed by atoms with Gasteiger partial charge in [-0.25, -0.2) is 24.0 Å². The van der Waals surface area contributed by atoms with Crippen LogP contribution in [-0.4, -0.2) is 140 Å². The van der Waals surface area contributed by atoms with Crippen molar-refractivity contribution in [3.8, 4) is 33.4 Å². The number of aromatic carboxylic acids is 5. The fourth-order valence-corrected chi connectivity index (χ4v) is 15.3. The van der Waals surface area contributed by atoms with Crippen LogP contribution in [0.3, 0.4) is 0 Å². The summed E-state index contributed by atoms with van der Waals surface area (Å²) in [5.74, 6) is -12.2. The molecular weight excluding hydrogens is 1980 g/mol. The molecule has 0 spiro atoms. The maximum absolute atomic E-state index is 15.0. The number of alkyl halides is 12. The molecule has 28 nitrogen and oxygen atoms in total. The van der Waals surface area contributed by atoms with E-state index in [1.54, 1.807) is 80.6 Å². The van der Waals surface area contributed by atoms with Crippen LogP contribution in [0.15, 0.2) is 237 Å². The standard InChI is InChI=1S/C47H35F12NO7.C33H27NO7.C26H26N2O4.3CO2/c1-5-37(61)33-21-27(11-15-31(33)40(64)65)43(4,47(57,58)59)26-8-6-7-24(19-26)38(62)18-23-9-13-29(35(17-23)44(48,49)50)30-16-12-28(22-36(30)45(51,52)53)60-39(63)34-20-25(10-14-32(34)41(66)67)42(2,3)46(54,55)56;1-3-29(35)28-18-22(10-14-26(28)33(40)41)21-5-4-6-23(17-21)31(37)34-24-11-8-20(9-12-24)16-30(36)27-15-19(2)7-13-25(27)32(38)39;1-5-17-6-9-20(15(2)12-17)21-11-8-19(13-16(21)3)28-24(29)18-7-10-22(26(31)32)23(14-18)25(30)27-4;3*2-1-3/h6-17,19-22H,5,18H2,1-4H3,(H,60,63)(H,64,65)(H,66,67);4-15,17-18H,3,16H2,1-2H3,(H,34,37)(H,38,39)(H,40,41);6-14H,5H2,1-4H3,(H,27,30)(H,28,29)(H,31,32);;;. The molecule has 4 amide bonds. The summed E-state index contributed by atoms with van der Waals surface area (Å²) in [6.45, 7) is 13.2. The monoisotopic (exact) mass is 2060 g/mol. The van der Waals surface area contributed by atoms with Gasteiger partial charge in [-0.3, -0.25) is 38.4 Å². The average molecular weight is 2070 g/mol. The van der Waals surface area contributed by atoms with Crippen molar-refractivity contribution in [1.29, 1.82) is 0 Å². The average Bonchev–Trinajstić information content (AvgIpc) is 0.738. The molecule has 0 fully saturated rings. The molecule has 0 bridgehead atoms. The first-order valence-corrected chi connectivity index (χ1v) is 44.0. The van der Waals surface area contributed by atoms with E-state index < -0.39 is 179 Å². The summed E-state index contributed by atoms with van der Waals surface area (Å²) in [4.78, 5) is 209. The summed E-state index contributed by atoms with van der Waals surface area (Å²) < 4.78 is 174. The number of aryl methyl sites for hydroxylation is 4. The highest BCUT2D eigenvalue weighted by Gasteiger charge is 2.54. The Morgan fingerprint density at radius 3 is 1.18 bits per heavy atom. The van der Waals surface area contributed by atoms with Crippen LogP contribution >= 0.6 is 0 Å². The molecule has 12 aromatic rings. The molecule has 1 atom stereocenters. The number of nitrogens with one attached hydrogen (secondary N) is 4. The Morgan fingerprint density at radius 2 is 0.685 bits per heavy atom. The molecule has 0 aromatic heterocycles. The van der Waals surface area contributed by atoms with E-state index in [0.29, 0.717) is 70.9 Å². The number of carboxylic acid groups (broad SMARTS) is 5. The van der Waals surface area contributed by atoms with Crippen LogP contribution in [0.2, 0.25) is 0 Å². The summed E-state index contributed by atoms with van der Waals surface area (Å²) in [5.41, 5.74) is -7.25. The second-order valence-corrected chi connectivity index (χ2v) is 33.3. The first-order valence-electron chi connectivity index (χ1n) is 44.0. The zero-order chi connectivity index (χ0) is 112. The van der Waals surface area contributed by atoms with Crippen LogP contribution in [0.25, 0.3) is 33.4 Å². The lowest BCUT2D eigenvalue weighted by molar-refractivity contribution is -0.193. The third-order valence-corrected chi connectivity index (χ3v) is 23.4. The normalized spacial score (nSPS) is 11.4. The zero-order valence-corrected chi connectivity index (χ0v) is 80.1. The fraction of sp³-hybridized carbons (Fsp3) is 0.193. The number of carbonyl (C=O) groups excluding carboxylic acids is 14. The summed E-state index contributed by atoms with van der Waals surface area (Å²) in [6.07, 6.45) is -20.1. The van der Waals surface area contributed by atoms with Crippen molar-refractivity contribution in [2.45, 2.75) is 130 Å². The maximum atomic E-state index is 15.0. The Morgan fingerprint density at radius 1 is 0.302 bits per heavy atom. The molecule has 1 unspecified atom stereocenters. The molecule has 0 aliphatic carbocycles. The van der Waals surface area contributed by atoms with Crippen molar-refractivity contribution >= 4 is 112 Å². The van der Waals surface area contributed by atoms with Gasteiger partial charge in [0.2, 0.25) is 0 Å². The number of rotatable bonds is 29. The van der Waals surface area contributed by atoms with Gasteiger partial charge in [0.05, 0.1) is 55.5 Å². The Balaban J connectivity index is 0.000000311. The molecule has 40 heteroatoms. The number of amides is 4. The van der Waals surface area contributed by atoms with Crippen LogP contribution < -0.4 is 21.3 Å². The van der Waals surface area contributed by atoms with E-state index in [1.165, 1.54) is 61.5 Å². The molecule has 0 saturated heterocycles. The number of ketones is 4. The lowest BCUT2D eigenvalue weighted by atomic mass is 9.74. The molecule has 0 aliphatic rings. The van der Waals surface area contributed by atoms with Crippen molar-refractivity contribution in [2.75, 3.05) is 23.0 Å². The highest BCUT2D eigenvalue weighted by molar-refractivity contribution is 6.13. The van der Waals surface area contributed by atoms with Crippen molar-refractivity contribution in [2.24, 2.45) is 0 Å². The largest absolute Gasteiger partial charge is 0.478 e. The van der Waals surface area contributed by atoms with E-state index in [4.69, 9.17) is 28.8 Å². The van der Waals surface area contributed by atoms with Gasteiger partial charge >= 0.3 is 73.0 Å². The van der Waals surface area contributed by atoms with Crippen molar-refractivity contribution in [1.82, 2.24) is 5.32 Å². The maximum Gasteiger partial charge on any atom is 0.417 e. The van der Waals surface area contributed by atoms with Gasteiger partial charge in [-0.2, -0.15) is 81.5 Å². The van der Waals surface area contributed by atoms with E-state index in [9.17, 15) is 127 Å². The molecule has 0 saturated carbocycles. The number of hydrogen-bond donors (Lipinski definition) is 9. The van der Waals surface area contributed by atoms with Crippen LogP contribution in [0.1, 0.15) is 250 Å². The van der Waals surface area contributed by atoms with E-state index in [1.807, 2.05) is 30.4 Å². The number of carboxylic acids is 5. The van der Waals surface area contributed by atoms with Gasteiger partial charge in [-0.15, -0.1) is 0 Å². The number of halogens is 12. The smallest absolute Gasteiger partial charge is 0.417 e. The molecular formula is C109H88F12N4O24. The van der Waals surface area contributed by atoms with Crippen LogP contribution in [0.5, 0.6) is 0 Å². The number of hydrogen-bond acceptors (Lipinski definition) is 19. The SMILES string of the molecule is CCC(=O)c1cc(-c2cccc(C(=O)Nc3ccc(CC(=O)c4cc(C)ccc4C(=O)O)cc3)c2)ccc1C(=O)O.CCC(=O)c1cc(C(C)(c2cccc(C(=O)Cc3ccc(-c4ccc(NC(=O)c5cc(C(C)(C)C(F)(F)F)ccc5C(=O)O)cc4C(F)(F)F)c(C(F)(F)F)c3)c2)C(F)(F)F)ccc1C(=O)O.CCc1ccc(-c2ccc(NC(=O)c3ccc(C(=O)O)c(C(=O)NC)c3)cc2C)c(C)c1.O=C=O.O=C=O.O=C=O. The Kier molecular flexibility index (Phi) is 39.8. The van der Waals surface area contributed by atoms with Crippen molar-refractivity contribution in [3.05, 3.63) is 370 Å². The minimum atomic E-state index is -5.43. The van der Waals surface area contributed by atoms with E-state index in [2.05, 4.69) is 48.0 Å². The second-order valence-electron chi connectivity index (χ2n) is 33.3. The third-order valence-electron chi connectivity index (χ3n) is 23.4. The molecule has 0 aliphatic heterocycles. The zero-order valence-electron chi connectivity index (χ0n) is 80.1. The van der Waals surface area contributed by atoms with Gasteiger partial charge < -0.3 is 46.8 Å². The van der Waals surface area contributed by atoms with Gasteiger partial charge in [0.1, 0.15) is 5.41 Å². The van der Waals surface area contributed by atoms with Crippen LogP contribution in [-0.2, 0) is 71.2 Å². The first-order chi connectivity index (χ1) is 69.8. The van der Waals surface area contributed by atoms with Gasteiger partial charge in [0.25, 0.3) is 23.6 Å². The molecule has 0 radical (unpaired) electrons. The van der Waals surface area contributed by atoms with E-state index >= 15 is 13.2 Å². The highest BCUT2D eigenvalue weighted by atomic mass is 19.4. The van der Waals surface area contributed by atoms with Crippen molar-refractivity contribution in [3.63, 3.8) is 0 Å². The number of benzene rings is 12. The molecule has 12 aromatic carbocycles. The first kappa shape index (κ1) is 118. The minimum Gasteiger partial charge on any atom is -0.478 e. The Labute approximate surface area is 839 Å². The van der Waals surface area contributed by atoms with Crippen LogP contribution in [0, 0.1) is 20.8 Å². The highest BCUT2D eigenvalue weighted by Crippen LogP contribution is 2.49. The predicted molar refractivity (Wildman–Crippen MR) is 512 cm³/mol. The van der Waals surface area contributed by atoms with Gasteiger partial charge in [0.15, 0.2) is 23.1 Å². The number of carbonyl (C=O) groups is 13. The fourth-order valence-electron chi connectivity index (χ4n) is 15.3. The second kappa shape index (κ2) is 50.4. The number of anilines is 3. The molecule has 772 valence electrons. The van der Waals surface area contributed by atoms with Gasteiger partial charge in [0, 0.05) is 83.2 Å². The van der Waals surface area contributed by atoms with Gasteiger partial charge in [-0.05, 0) is 253 Å². The predicted octanol–water partition coefficient (Wildman–Crippen LogP) is 22.2. The minimum absolute atomic E-state index is 0.00317. The quantitative estimate of drug-likeness (QED) is 0.0155. The topological polar surface area (TPSA) is 474 Å². The summed E-state index contributed by atoms with van der Waals surface area (Å²) in [6, 6.07) is 50.6. The molecule has 0 heterocycles. The van der Waals surface area contributed by atoms with E-state index in [-0.39, 0.29) is 100 Å². The Bertz CT molecular complexity index is 7300. The lowest BCUT2D eigenvalue weighted by Crippen LogP contribution is -2.41. The molecule has 9 N–H and O–H groups in total. The van der Waals surface area contributed by atoms with Gasteiger partial charge in [-0.1, -0.05) is 136 Å². The third kappa shape index (κ3) is 29.4. The lowest BCUT2D eigenvalue weighted by Gasteiger charge is -2.34. The molecule has 12 rings (SSSR count). The van der Waals surface area contributed by atoms with Crippen molar-refractivity contribution < 1.29 is 169 Å². The Hall–Kier alpha value is -18.2. The summed E-state index contributed by atoms with van der Waals surface area (Å²) in [5, 5.41) is 57.3. The van der Waals surface area contributed by atoms with E-state index in [0.717, 1.165) is 103 Å². The molecule has 149 heavy (non-hydrogen) atoms. The number of Topliss-reactive ketones (excluding diaryl/α,β-unsaturated/α-hetero) is 4.